The van der Waals surface area contributed by atoms with Gasteiger partial charge in [-0.05, 0) is 58.0 Å². The van der Waals surface area contributed by atoms with E-state index in [1.807, 2.05) is 13.8 Å². The van der Waals surface area contributed by atoms with Gasteiger partial charge in [0.25, 0.3) is 0 Å². The van der Waals surface area contributed by atoms with Crippen molar-refractivity contribution in [2.75, 3.05) is 26.2 Å². The number of carbonyl (C=O) groups is 1. The van der Waals surface area contributed by atoms with E-state index in [2.05, 4.69) is 10.2 Å². The van der Waals surface area contributed by atoms with Gasteiger partial charge in [0, 0.05) is 12.6 Å². The zero-order chi connectivity index (χ0) is 15.1. The Morgan fingerprint density at radius 1 is 1.24 bits per heavy atom. The number of likely N-dealkylation sites (tertiary alicyclic amines) is 1. The van der Waals surface area contributed by atoms with Gasteiger partial charge in [-0.15, -0.1) is 0 Å². The summed E-state index contributed by atoms with van der Waals surface area (Å²) in [7, 11) is 0. The second-order valence-electron chi connectivity index (χ2n) is 6.44. The van der Waals surface area contributed by atoms with Crippen molar-refractivity contribution >= 4 is 5.97 Å². The van der Waals surface area contributed by atoms with E-state index in [0.29, 0.717) is 6.61 Å². The van der Waals surface area contributed by atoms with Crippen molar-refractivity contribution in [1.29, 1.82) is 0 Å². The molecule has 0 amide bonds. The van der Waals surface area contributed by atoms with Gasteiger partial charge in [-0.2, -0.15) is 0 Å². The Labute approximate surface area is 129 Å². The van der Waals surface area contributed by atoms with Crippen LogP contribution in [0, 0.1) is 5.92 Å². The molecule has 2 rings (SSSR count). The molecule has 0 bridgehead atoms. The minimum atomic E-state index is -0.139. The molecule has 0 aromatic carbocycles. The molecule has 1 heterocycles. The summed E-state index contributed by atoms with van der Waals surface area (Å²) in [5, 5.41) is 3.27. The number of nitrogens with one attached hydrogen (secondary N) is 1. The molecule has 0 radical (unpaired) electrons. The highest BCUT2D eigenvalue weighted by Gasteiger charge is 2.33. The zero-order valence-corrected chi connectivity index (χ0v) is 13.8. The van der Waals surface area contributed by atoms with E-state index in [1.165, 1.54) is 45.1 Å². The Morgan fingerprint density at radius 3 is 2.67 bits per heavy atom. The fourth-order valence-corrected chi connectivity index (χ4v) is 4.09. The van der Waals surface area contributed by atoms with E-state index < -0.39 is 0 Å². The summed E-state index contributed by atoms with van der Waals surface area (Å²) >= 11 is 0. The number of likely N-dealkylation sites (N-methyl/N-ethyl adjacent to an activating group) is 1. The van der Waals surface area contributed by atoms with Gasteiger partial charge in [0.1, 0.15) is 6.04 Å². The molecular formula is C17H32N2O2. The van der Waals surface area contributed by atoms with Crippen molar-refractivity contribution in [2.45, 2.75) is 70.9 Å². The second-order valence-corrected chi connectivity index (χ2v) is 6.44. The van der Waals surface area contributed by atoms with Gasteiger partial charge in [0.15, 0.2) is 0 Å². The number of hydrogen-bond donors (Lipinski definition) is 1. The average molecular weight is 296 g/mol. The van der Waals surface area contributed by atoms with E-state index in [0.717, 1.165) is 31.5 Å². The molecular weight excluding hydrogens is 264 g/mol. The van der Waals surface area contributed by atoms with Crippen LogP contribution >= 0.6 is 0 Å². The first-order valence-electron chi connectivity index (χ1n) is 8.90. The van der Waals surface area contributed by atoms with Gasteiger partial charge < -0.3 is 15.0 Å². The topological polar surface area (TPSA) is 41.6 Å². The predicted octanol–water partition coefficient (Wildman–Crippen LogP) is 2.57. The Hall–Kier alpha value is -0.610. The van der Waals surface area contributed by atoms with E-state index in [1.54, 1.807) is 0 Å². The normalized spacial score (nSPS) is 25.3. The Kier molecular flexibility index (Phi) is 6.97. The quantitative estimate of drug-likeness (QED) is 0.699. The molecule has 4 heteroatoms. The van der Waals surface area contributed by atoms with E-state index in [4.69, 9.17) is 4.74 Å². The maximum atomic E-state index is 12.0. The van der Waals surface area contributed by atoms with Crippen LogP contribution in [-0.4, -0.2) is 49.2 Å². The molecule has 2 unspecified atom stereocenters. The summed E-state index contributed by atoms with van der Waals surface area (Å²) in [6.45, 7) is 7.44. The van der Waals surface area contributed by atoms with Crippen molar-refractivity contribution in [1.82, 2.24) is 10.2 Å². The summed E-state index contributed by atoms with van der Waals surface area (Å²) in [5.74, 6) is 0.823. The van der Waals surface area contributed by atoms with Gasteiger partial charge in [-0.25, -0.2) is 0 Å². The standard InChI is InChI=1S/C17H32N2O2/c1-3-18-15(17(20)21-4-2)11-13-19-12-7-10-16(19)14-8-5-6-9-14/h14-16,18H,3-13H2,1-2H3. The SMILES string of the molecule is CCNC(CCN1CCCC1C1CCCC1)C(=O)OCC. The average Bonchev–Trinajstić information content (AvgIpc) is 3.13. The highest BCUT2D eigenvalue weighted by molar-refractivity contribution is 5.75. The van der Waals surface area contributed by atoms with Crippen LogP contribution in [-0.2, 0) is 9.53 Å². The van der Waals surface area contributed by atoms with Crippen LogP contribution in [0.2, 0.25) is 0 Å². The minimum Gasteiger partial charge on any atom is -0.465 e. The van der Waals surface area contributed by atoms with Crippen LogP contribution in [0.25, 0.3) is 0 Å². The predicted molar refractivity (Wildman–Crippen MR) is 85.3 cm³/mol. The molecule has 0 aromatic heterocycles. The van der Waals surface area contributed by atoms with Crippen molar-refractivity contribution in [3.63, 3.8) is 0 Å². The molecule has 2 atom stereocenters. The lowest BCUT2D eigenvalue weighted by Gasteiger charge is -2.30. The molecule has 1 saturated carbocycles. The fraction of sp³-hybridized carbons (Fsp3) is 0.941. The van der Waals surface area contributed by atoms with Crippen molar-refractivity contribution in [3.05, 3.63) is 0 Å². The zero-order valence-electron chi connectivity index (χ0n) is 13.8. The Bertz CT molecular complexity index is 316. The van der Waals surface area contributed by atoms with Crippen LogP contribution in [0.3, 0.4) is 0 Å². The smallest absolute Gasteiger partial charge is 0.323 e. The molecule has 2 fully saturated rings. The van der Waals surface area contributed by atoms with Gasteiger partial charge in [-0.1, -0.05) is 19.8 Å². The molecule has 0 spiro atoms. The summed E-state index contributed by atoms with van der Waals surface area (Å²) in [4.78, 5) is 14.6. The van der Waals surface area contributed by atoms with Crippen LogP contribution in [0.5, 0.6) is 0 Å². The van der Waals surface area contributed by atoms with Crippen LogP contribution in [0.1, 0.15) is 58.8 Å². The van der Waals surface area contributed by atoms with E-state index in [-0.39, 0.29) is 12.0 Å². The van der Waals surface area contributed by atoms with Crippen LogP contribution < -0.4 is 5.32 Å². The molecule has 21 heavy (non-hydrogen) atoms. The number of rotatable bonds is 8. The molecule has 2 aliphatic rings. The first kappa shape index (κ1) is 16.8. The lowest BCUT2D eigenvalue weighted by atomic mass is 9.96. The summed E-state index contributed by atoms with van der Waals surface area (Å²) in [5.41, 5.74) is 0. The lowest BCUT2D eigenvalue weighted by Crippen LogP contribution is -2.43. The molecule has 0 aromatic rings. The van der Waals surface area contributed by atoms with Gasteiger partial charge >= 0.3 is 5.97 Å². The summed E-state index contributed by atoms with van der Waals surface area (Å²) < 4.78 is 5.18. The van der Waals surface area contributed by atoms with E-state index in [9.17, 15) is 4.79 Å². The monoisotopic (exact) mass is 296 g/mol. The number of carbonyl (C=O) groups excluding carboxylic acids is 1. The lowest BCUT2D eigenvalue weighted by molar-refractivity contribution is -0.145. The van der Waals surface area contributed by atoms with Crippen LogP contribution in [0.15, 0.2) is 0 Å². The van der Waals surface area contributed by atoms with Gasteiger partial charge in [0.05, 0.1) is 6.61 Å². The third-order valence-corrected chi connectivity index (χ3v) is 5.08. The molecule has 1 N–H and O–H groups in total. The number of nitrogens with zero attached hydrogens (tertiary/aromatic N) is 1. The Morgan fingerprint density at radius 2 is 2.00 bits per heavy atom. The largest absolute Gasteiger partial charge is 0.465 e. The third kappa shape index (κ3) is 4.68. The van der Waals surface area contributed by atoms with Crippen LogP contribution in [0.4, 0.5) is 0 Å². The molecule has 1 saturated heterocycles. The summed E-state index contributed by atoms with van der Waals surface area (Å²) in [6.07, 6.45) is 9.21. The van der Waals surface area contributed by atoms with Gasteiger partial charge in [0.2, 0.25) is 0 Å². The van der Waals surface area contributed by atoms with E-state index >= 15 is 0 Å². The number of esters is 1. The fourth-order valence-electron chi connectivity index (χ4n) is 4.09. The first-order valence-corrected chi connectivity index (χ1v) is 8.90. The van der Waals surface area contributed by atoms with Crippen molar-refractivity contribution in [2.24, 2.45) is 5.92 Å². The highest BCUT2D eigenvalue weighted by atomic mass is 16.5. The number of ether oxygens (including phenoxy) is 1. The number of hydrogen-bond acceptors (Lipinski definition) is 4. The second kappa shape index (κ2) is 8.74. The molecule has 4 nitrogen and oxygen atoms in total. The maximum Gasteiger partial charge on any atom is 0.323 e. The van der Waals surface area contributed by atoms with Crippen molar-refractivity contribution < 1.29 is 9.53 Å². The van der Waals surface area contributed by atoms with Gasteiger partial charge in [-0.3, -0.25) is 4.79 Å². The Balaban J connectivity index is 1.82. The maximum absolute atomic E-state index is 12.0. The third-order valence-electron chi connectivity index (χ3n) is 5.08. The first-order chi connectivity index (χ1) is 10.3. The highest BCUT2D eigenvalue weighted by Crippen LogP contribution is 2.35. The minimum absolute atomic E-state index is 0.0871. The summed E-state index contributed by atoms with van der Waals surface area (Å²) in [6, 6.07) is 0.636. The van der Waals surface area contributed by atoms with Crippen molar-refractivity contribution in [3.8, 4) is 0 Å². The molecule has 1 aliphatic heterocycles. The molecule has 122 valence electrons. The molecule has 1 aliphatic carbocycles.